The van der Waals surface area contributed by atoms with Crippen LogP contribution in [0.25, 0.3) is 0 Å². The van der Waals surface area contributed by atoms with Gasteiger partial charge in [0.1, 0.15) is 0 Å². The largest absolute Gasteiger partial charge is 0.478 e. The maximum Gasteiger partial charge on any atom is 0.327 e. The Morgan fingerprint density at radius 3 is 1.67 bits per heavy atom. The van der Waals surface area contributed by atoms with E-state index >= 15 is 0 Å². The monoisotopic (exact) mass is 167 g/mol. The summed E-state index contributed by atoms with van der Waals surface area (Å²) in [6.45, 7) is 11.3. The molecule has 3 nitrogen and oxygen atoms in total. The summed E-state index contributed by atoms with van der Waals surface area (Å²) in [6, 6.07) is 1.69. The van der Waals surface area contributed by atoms with Crippen LogP contribution in [0.1, 0.15) is 6.92 Å². The van der Waals surface area contributed by atoms with Gasteiger partial charge in [0.2, 0.25) is 0 Å². The van der Waals surface area contributed by atoms with Gasteiger partial charge in [0.05, 0.1) is 6.07 Å². The van der Waals surface area contributed by atoms with Gasteiger partial charge in [-0.15, -0.1) is 6.58 Å². The van der Waals surface area contributed by atoms with Crippen LogP contribution in [0.5, 0.6) is 0 Å². The second kappa shape index (κ2) is 22.9. The average molecular weight is 167 g/mol. The number of nitriles is 1. The van der Waals surface area contributed by atoms with Gasteiger partial charge < -0.3 is 5.11 Å². The van der Waals surface area contributed by atoms with Gasteiger partial charge in [-0.1, -0.05) is 19.2 Å². The summed E-state index contributed by atoms with van der Waals surface area (Å²) in [7, 11) is 0. The third-order valence-corrected chi connectivity index (χ3v) is 0.266. The summed E-state index contributed by atoms with van der Waals surface area (Å²) >= 11 is 0. The lowest BCUT2D eigenvalue weighted by atomic mass is 10.7. The first kappa shape index (κ1) is 16.6. The molecule has 0 aromatic rings. The zero-order valence-corrected chi connectivity index (χ0v) is 7.16. The Hall–Kier alpha value is -1.82. The van der Waals surface area contributed by atoms with Crippen LogP contribution in [-0.4, -0.2) is 11.1 Å². The van der Waals surface area contributed by atoms with E-state index in [9.17, 15) is 4.79 Å². The number of carboxylic acids is 1. The highest BCUT2D eigenvalue weighted by Gasteiger charge is 1.73. The Kier molecular flexibility index (Phi) is 31.7. The smallest absolute Gasteiger partial charge is 0.327 e. The van der Waals surface area contributed by atoms with Gasteiger partial charge in [-0.05, 0) is 6.92 Å². The molecule has 0 saturated carbocycles. The summed E-state index contributed by atoms with van der Waals surface area (Å²) in [6.07, 6.45) is 3.76. The van der Waals surface area contributed by atoms with Gasteiger partial charge in [-0.3, -0.25) is 0 Å². The molecule has 0 radical (unpaired) electrons. The van der Waals surface area contributed by atoms with Crippen molar-refractivity contribution in [1.29, 1.82) is 5.26 Å². The fourth-order valence-corrected chi connectivity index (χ4v) is 0. The van der Waals surface area contributed by atoms with Crippen molar-refractivity contribution in [3.8, 4) is 6.07 Å². The quantitative estimate of drug-likeness (QED) is 0.369. The summed E-state index contributed by atoms with van der Waals surface area (Å²) in [4.78, 5) is 9.25. The predicted molar refractivity (Wildman–Crippen MR) is 49.5 cm³/mol. The Balaban J connectivity index is -0.000000105. The second-order valence-electron chi connectivity index (χ2n) is 1.28. The minimum Gasteiger partial charge on any atom is -0.478 e. The van der Waals surface area contributed by atoms with Gasteiger partial charge in [0.25, 0.3) is 0 Å². The molecule has 0 aromatic heterocycles. The first-order chi connectivity index (χ1) is 5.60. The molecule has 0 rings (SSSR count). The number of carboxylic acid groups (broad SMARTS) is 1. The van der Waals surface area contributed by atoms with E-state index in [1.807, 2.05) is 6.92 Å². The highest BCUT2D eigenvalue weighted by atomic mass is 16.4. The predicted octanol–water partition coefficient (Wildman–Crippen LogP) is 2.15. The molecule has 0 aliphatic carbocycles. The number of hydrogen-bond acceptors (Lipinski definition) is 2. The molecule has 0 fully saturated rings. The third kappa shape index (κ3) is 303. The summed E-state index contributed by atoms with van der Waals surface area (Å²) in [5.74, 6) is -0.981. The third-order valence-electron chi connectivity index (χ3n) is 0.266. The van der Waals surface area contributed by atoms with E-state index in [0.29, 0.717) is 0 Å². The molecule has 0 aliphatic heterocycles. The number of carbonyl (C=O) groups is 1. The van der Waals surface area contributed by atoms with Crippen molar-refractivity contribution in [2.45, 2.75) is 6.92 Å². The van der Waals surface area contributed by atoms with Crippen LogP contribution in [0.2, 0.25) is 0 Å². The molecule has 0 bridgehead atoms. The molecule has 66 valence electrons. The molecular weight excluding hydrogens is 154 g/mol. The highest BCUT2D eigenvalue weighted by molar-refractivity contribution is 5.78. The van der Waals surface area contributed by atoms with Gasteiger partial charge in [-0.2, -0.15) is 5.26 Å². The van der Waals surface area contributed by atoms with Crippen LogP contribution in [0.4, 0.5) is 0 Å². The first-order valence-electron chi connectivity index (χ1n) is 3.03. The zero-order valence-electron chi connectivity index (χ0n) is 7.16. The number of hydrogen-bond donors (Lipinski definition) is 1. The van der Waals surface area contributed by atoms with Crippen molar-refractivity contribution < 1.29 is 9.90 Å². The number of nitrogens with zero attached hydrogens (tertiary/aromatic N) is 1. The van der Waals surface area contributed by atoms with Crippen LogP contribution < -0.4 is 0 Å². The van der Waals surface area contributed by atoms with Crippen molar-refractivity contribution in [1.82, 2.24) is 0 Å². The number of allylic oxidation sites excluding steroid dienone is 2. The summed E-state index contributed by atoms with van der Waals surface area (Å²) in [5.41, 5.74) is 0. The van der Waals surface area contributed by atoms with E-state index in [4.69, 9.17) is 10.4 Å². The van der Waals surface area contributed by atoms with Crippen molar-refractivity contribution in [2.24, 2.45) is 0 Å². The van der Waals surface area contributed by atoms with Gasteiger partial charge in [-0.25, -0.2) is 4.79 Å². The van der Waals surface area contributed by atoms with E-state index in [2.05, 4.69) is 19.7 Å². The Labute approximate surface area is 72.9 Å². The maximum atomic E-state index is 9.25. The molecule has 3 heteroatoms. The highest BCUT2D eigenvalue weighted by Crippen LogP contribution is 1.54. The fourth-order valence-electron chi connectivity index (χ4n) is 0. The lowest BCUT2D eigenvalue weighted by Gasteiger charge is -1.64. The molecule has 1 N–H and O–H groups in total. The van der Waals surface area contributed by atoms with Crippen molar-refractivity contribution in [2.75, 3.05) is 0 Å². The van der Waals surface area contributed by atoms with Crippen LogP contribution in [0.3, 0.4) is 0 Å². The van der Waals surface area contributed by atoms with Crippen LogP contribution in [0.15, 0.2) is 38.0 Å². The van der Waals surface area contributed by atoms with Crippen molar-refractivity contribution >= 4 is 5.97 Å². The minimum absolute atomic E-state index is 0.833. The molecule has 0 spiro atoms. The minimum atomic E-state index is -0.981. The Morgan fingerprint density at radius 2 is 1.67 bits per heavy atom. The standard InChI is InChI=1S/C3H3N.C3H4O2.C3H6/c1-2-3-4;1-2-3(4)5;1-3-2/h2H,1H2;2H,1H2,(H,4,5);3H,1H2,2H3. The molecule has 0 unspecified atom stereocenters. The van der Waals surface area contributed by atoms with Crippen LogP contribution in [0, 0.1) is 11.3 Å². The zero-order chi connectivity index (χ0) is 10.4. The van der Waals surface area contributed by atoms with E-state index in [-0.39, 0.29) is 0 Å². The van der Waals surface area contributed by atoms with Crippen molar-refractivity contribution in [3.63, 3.8) is 0 Å². The van der Waals surface area contributed by atoms with Gasteiger partial charge in [0.15, 0.2) is 0 Å². The summed E-state index contributed by atoms with van der Waals surface area (Å²) in [5, 5.41) is 15.1. The molecular formula is C9H13NO2. The fraction of sp³-hybridized carbons (Fsp3) is 0.111. The summed E-state index contributed by atoms with van der Waals surface area (Å²) < 4.78 is 0. The van der Waals surface area contributed by atoms with Crippen molar-refractivity contribution in [3.05, 3.63) is 38.0 Å². The topological polar surface area (TPSA) is 61.1 Å². The van der Waals surface area contributed by atoms with E-state index in [1.165, 1.54) is 6.08 Å². The molecule has 0 aliphatic rings. The van der Waals surface area contributed by atoms with Crippen LogP contribution >= 0.6 is 0 Å². The lowest BCUT2D eigenvalue weighted by molar-refractivity contribution is -0.131. The number of rotatable bonds is 1. The molecule has 0 amide bonds. The second-order valence-corrected chi connectivity index (χ2v) is 1.28. The van der Waals surface area contributed by atoms with E-state index in [1.54, 1.807) is 12.1 Å². The molecule has 0 aromatic carbocycles. The first-order valence-corrected chi connectivity index (χ1v) is 3.03. The SMILES string of the molecule is C=CC.C=CC#N.C=CC(=O)O. The Bertz CT molecular complexity index is 177. The van der Waals surface area contributed by atoms with Crippen LogP contribution in [-0.2, 0) is 4.79 Å². The van der Waals surface area contributed by atoms with E-state index < -0.39 is 5.97 Å². The normalized spacial score (nSPS) is 5.00. The molecule has 0 saturated heterocycles. The maximum absolute atomic E-state index is 9.25. The number of aliphatic carboxylic acids is 1. The molecule has 0 heterocycles. The van der Waals surface area contributed by atoms with Gasteiger partial charge in [0, 0.05) is 12.2 Å². The van der Waals surface area contributed by atoms with Gasteiger partial charge >= 0.3 is 5.97 Å². The molecule has 0 atom stereocenters. The van der Waals surface area contributed by atoms with E-state index in [0.717, 1.165) is 6.08 Å². The lowest BCUT2D eigenvalue weighted by Crippen LogP contribution is -1.82. The molecule has 12 heavy (non-hydrogen) atoms. The Morgan fingerprint density at radius 1 is 1.50 bits per heavy atom. The average Bonchev–Trinajstić information content (AvgIpc) is 2.06.